The van der Waals surface area contributed by atoms with Gasteiger partial charge in [0.15, 0.2) is 0 Å². The van der Waals surface area contributed by atoms with E-state index in [9.17, 15) is 4.79 Å². The molecular weight excluding hydrogens is 506 g/mol. The predicted octanol–water partition coefficient (Wildman–Crippen LogP) is 0.0968. The van der Waals surface area contributed by atoms with Crippen molar-refractivity contribution in [3.05, 3.63) is 0 Å². The van der Waals surface area contributed by atoms with Crippen molar-refractivity contribution in [2.24, 2.45) is 5.92 Å². The summed E-state index contributed by atoms with van der Waals surface area (Å²) in [5.74, 6) is 0.771. The number of esters is 1. The molecule has 4 nitrogen and oxygen atoms in total. The summed E-state index contributed by atoms with van der Waals surface area (Å²) in [7, 11) is 0. The second-order valence-corrected chi connectivity index (χ2v) is 14.0. The van der Waals surface area contributed by atoms with Gasteiger partial charge in [0, 0.05) is 0 Å². The first-order valence-corrected chi connectivity index (χ1v) is 15.3. The first kappa shape index (κ1) is 16.3. The molecule has 1 unspecified atom stereocenters. The summed E-state index contributed by atoms with van der Waals surface area (Å²) in [4.78, 5) is 15.2. The maximum atomic E-state index is 13.0. The second-order valence-electron chi connectivity index (χ2n) is 7.15. The van der Waals surface area contributed by atoms with Crippen molar-refractivity contribution in [1.82, 2.24) is 7.06 Å². The van der Waals surface area contributed by atoms with Gasteiger partial charge in [0.05, 0.1) is 0 Å². The van der Waals surface area contributed by atoms with Crippen molar-refractivity contribution in [2.45, 2.75) is 77.4 Å². The molecule has 2 aliphatic carbocycles. The minimum atomic E-state index is -1.04. The minimum absolute atomic E-state index is 0.105. The maximum absolute atomic E-state index is 13.0. The Morgan fingerprint density at radius 2 is 1.73 bits per heavy atom. The molecular formula is C16H27I2N2O2-. The molecule has 0 amide bonds. The van der Waals surface area contributed by atoms with E-state index < -0.39 is 20.4 Å². The summed E-state index contributed by atoms with van der Waals surface area (Å²) < 4.78 is 13.8. The van der Waals surface area contributed by atoms with Crippen LogP contribution in [-0.2, 0) is 9.53 Å². The van der Waals surface area contributed by atoms with Gasteiger partial charge in [0.2, 0.25) is 0 Å². The summed E-state index contributed by atoms with van der Waals surface area (Å²) in [6.45, 7) is 0. The van der Waals surface area contributed by atoms with Gasteiger partial charge < -0.3 is 0 Å². The number of fused-ring (bicyclic) bond motifs is 1. The molecule has 6 heteroatoms. The number of halogens is 2. The Morgan fingerprint density at radius 3 is 2.27 bits per heavy atom. The van der Waals surface area contributed by atoms with Crippen LogP contribution in [0.3, 0.4) is 0 Å². The molecule has 4 aliphatic rings. The normalized spacial score (nSPS) is 32.1. The van der Waals surface area contributed by atoms with E-state index in [4.69, 9.17) is 4.74 Å². The van der Waals surface area contributed by atoms with Crippen molar-refractivity contribution >= 4 is 26.3 Å². The van der Waals surface area contributed by atoms with E-state index in [0.717, 1.165) is 12.8 Å². The molecule has 0 aromatic heterocycles. The van der Waals surface area contributed by atoms with Gasteiger partial charge in [-0.05, 0) is 0 Å². The summed E-state index contributed by atoms with van der Waals surface area (Å²) in [5, 5.41) is 0. The van der Waals surface area contributed by atoms with Crippen LogP contribution in [0.5, 0.6) is 0 Å². The van der Waals surface area contributed by atoms with Gasteiger partial charge in [-0.25, -0.2) is 0 Å². The molecule has 2 aliphatic heterocycles. The van der Waals surface area contributed by atoms with Gasteiger partial charge >= 0.3 is 152 Å². The van der Waals surface area contributed by atoms with Gasteiger partial charge in [-0.3, -0.25) is 0 Å². The van der Waals surface area contributed by atoms with Crippen LogP contribution in [0.25, 0.3) is 0 Å². The fourth-order valence-electron chi connectivity index (χ4n) is 4.46. The Morgan fingerprint density at radius 1 is 1.14 bits per heavy atom. The van der Waals surface area contributed by atoms with E-state index in [1.807, 2.05) is 0 Å². The molecule has 0 bridgehead atoms. The molecule has 0 radical (unpaired) electrons. The number of carbonyl (C=O) groups excluding carboxylic acids is 1. The van der Waals surface area contributed by atoms with Gasteiger partial charge in [0.1, 0.15) is 0 Å². The van der Waals surface area contributed by atoms with Gasteiger partial charge in [-0.2, -0.15) is 0 Å². The number of hydrogen-bond acceptors (Lipinski definition) is 4. The first-order chi connectivity index (χ1) is 10.7. The Hall–Kier alpha value is 0.850. The average Bonchev–Trinajstić information content (AvgIpc) is 3.40. The van der Waals surface area contributed by atoms with E-state index in [-0.39, 0.29) is 40.4 Å². The molecule has 0 spiro atoms. The summed E-state index contributed by atoms with van der Waals surface area (Å²) in [5.41, 5.74) is -0.105. The van der Waals surface area contributed by atoms with Crippen LogP contribution < -0.4 is 28.3 Å². The number of carbonyl (C=O) groups is 1. The summed E-state index contributed by atoms with van der Waals surface area (Å²) in [6.07, 6.45) is 12.6. The first-order valence-electron chi connectivity index (χ1n) is 8.67. The van der Waals surface area contributed by atoms with Crippen LogP contribution >= 0.6 is 20.4 Å². The zero-order valence-electron chi connectivity index (χ0n) is 13.3. The third-order valence-corrected chi connectivity index (χ3v) is 14.3. The molecule has 128 valence electrons. The zero-order chi connectivity index (χ0) is 15.2. The fraction of sp³-hybridized carbons (Fsp3) is 0.938. The molecule has 2 heterocycles. The molecule has 4 rings (SSSR count). The van der Waals surface area contributed by atoms with E-state index >= 15 is 0 Å². The van der Waals surface area contributed by atoms with Gasteiger partial charge in [-0.1, -0.05) is 0 Å². The van der Waals surface area contributed by atoms with Crippen molar-refractivity contribution in [1.29, 1.82) is 0 Å². The fourth-order valence-corrected chi connectivity index (χ4v) is 14.8. The SMILES string of the molecule is C[I-]C(C(=O)OC1(C2CCCCC2)CCCCC1)C12NI1N2. The summed E-state index contributed by atoms with van der Waals surface area (Å²) in [6, 6.07) is 0. The van der Waals surface area contributed by atoms with Crippen LogP contribution in [0.15, 0.2) is 0 Å². The standard InChI is InChI=1S/C16H27I2N2O2/c1-17-13(16-18(19-16)20-16)14(21)22-15(10-6-3-7-11-15)12-8-4-2-5-9-12/h12-13,19-20H,2-11H2,1H3/q-1. The van der Waals surface area contributed by atoms with Gasteiger partial charge in [0.25, 0.3) is 0 Å². The van der Waals surface area contributed by atoms with Crippen LogP contribution in [0.2, 0.25) is 0 Å². The van der Waals surface area contributed by atoms with Crippen molar-refractivity contribution in [3.8, 4) is 0 Å². The third-order valence-electron chi connectivity index (χ3n) is 5.82. The number of nitrogens with one attached hydrogen (secondary N) is 2. The molecule has 4 fully saturated rings. The van der Waals surface area contributed by atoms with Crippen molar-refractivity contribution in [3.63, 3.8) is 0 Å². The number of hydrogen-bond donors (Lipinski definition) is 2. The van der Waals surface area contributed by atoms with Gasteiger partial charge in [-0.15, -0.1) is 0 Å². The molecule has 0 aromatic rings. The third kappa shape index (κ3) is 2.83. The molecule has 1 atom stereocenters. The van der Waals surface area contributed by atoms with Crippen LogP contribution in [0.1, 0.15) is 64.2 Å². The average molecular weight is 533 g/mol. The Bertz CT molecular complexity index is 441. The Kier molecular flexibility index (Phi) is 4.67. The number of ether oxygens (including phenoxy) is 1. The van der Waals surface area contributed by atoms with Crippen molar-refractivity contribution in [2.75, 3.05) is 4.93 Å². The van der Waals surface area contributed by atoms with E-state index in [0.29, 0.717) is 5.92 Å². The Balaban J connectivity index is 1.49. The van der Waals surface area contributed by atoms with E-state index in [2.05, 4.69) is 12.0 Å². The number of rotatable bonds is 5. The van der Waals surface area contributed by atoms with Crippen LogP contribution in [0.4, 0.5) is 0 Å². The second kappa shape index (κ2) is 6.29. The molecule has 2 N–H and O–H groups in total. The van der Waals surface area contributed by atoms with E-state index in [1.54, 1.807) is 0 Å². The molecule has 0 aromatic carbocycles. The van der Waals surface area contributed by atoms with E-state index in [1.165, 1.54) is 51.4 Å². The quantitative estimate of drug-likeness (QED) is 0.132. The monoisotopic (exact) mass is 533 g/mol. The summed E-state index contributed by atoms with van der Waals surface area (Å²) >= 11 is -1.16. The molecule has 22 heavy (non-hydrogen) atoms. The van der Waals surface area contributed by atoms with Crippen LogP contribution in [-0.4, -0.2) is 24.1 Å². The number of alkyl halides is 3. The molecule has 2 saturated heterocycles. The van der Waals surface area contributed by atoms with Crippen LogP contribution in [0, 0.1) is 5.92 Å². The Labute approximate surface area is 151 Å². The predicted molar refractivity (Wildman–Crippen MR) is 91.2 cm³/mol. The zero-order valence-corrected chi connectivity index (χ0v) is 17.6. The van der Waals surface area contributed by atoms with Crippen molar-refractivity contribution < 1.29 is 30.7 Å². The molecule has 2 saturated carbocycles. The topological polar surface area (TPSA) is 70.2 Å².